The molecular formula is C25H33Cl2FN4O. The Morgan fingerprint density at radius 1 is 1.15 bits per heavy atom. The van der Waals surface area contributed by atoms with E-state index in [4.69, 9.17) is 4.98 Å². The third-order valence-corrected chi connectivity index (χ3v) is 6.19. The summed E-state index contributed by atoms with van der Waals surface area (Å²) < 4.78 is 15.5. The molecule has 1 aromatic heterocycles. The van der Waals surface area contributed by atoms with Gasteiger partial charge in [0.25, 0.3) is 5.91 Å². The first-order chi connectivity index (χ1) is 15.0. The maximum absolute atomic E-state index is 15.5. The van der Waals surface area contributed by atoms with E-state index in [0.29, 0.717) is 6.54 Å². The lowest BCUT2D eigenvalue weighted by Gasteiger charge is -2.35. The van der Waals surface area contributed by atoms with Gasteiger partial charge >= 0.3 is 0 Å². The van der Waals surface area contributed by atoms with E-state index < -0.39 is 11.6 Å². The van der Waals surface area contributed by atoms with E-state index in [2.05, 4.69) is 34.2 Å². The third-order valence-electron chi connectivity index (χ3n) is 6.19. The molecule has 1 saturated heterocycles. The summed E-state index contributed by atoms with van der Waals surface area (Å²) in [5.74, 6) is 0.368. The van der Waals surface area contributed by atoms with Gasteiger partial charge in [-0.1, -0.05) is 50.3 Å². The fourth-order valence-electron chi connectivity index (χ4n) is 4.29. The standard InChI is InChI=1S/C25H31FN4O.2ClH/c1-3-12-27-24(31)25(26)11-7-9-20(18-25)22-17-19-8-5-6-10-21(19)23(28-22)30-15-13-29(4-2)14-16-30;;/h5-11,17H,3-4,12-16,18H2,1-2H3,(H,27,31);2*1H. The van der Waals surface area contributed by atoms with E-state index in [1.807, 2.05) is 31.2 Å². The third kappa shape index (κ3) is 5.86. The molecule has 0 bridgehead atoms. The van der Waals surface area contributed by atoms with Crippen molar-refractivity contribution in [3.05, 3.63) is 54.3 Å². The van der Waals surface area contributed by atoms with Gasteiger partial charge in [0, 0.05) is 44.5 Å². The molecule has 1 N–H and O–H groups in total. The lowest BCUT2D eigenvalue weighted by atomic mass is 9.88. The fraction of sp³-hybridized carbons (Fsp3) is 0.440. The summed E-state index contributed by atoms with van der Waals surface area (Å²) in [6, 6.07) is 10.2. The molecule has 2 heterocycles. The summed E-state index contributed by atoms with van der Waals surface area (Å²) in [5, 5.41) is 4.88. The van der Waals surface area contributed by atoms with Gasteiger partial charge in [-0.05, 0) is 36.1 Å². The van der Waals surface area contributed by atoms with E-state index in [1.54, 1.807) is 6.08 Å². The van der Waals surface area contributed by atoms with Gasteiger partial charge in [0.15, 0.2) is 0 Å². The van der Waals surface area contributed by atoms with Crippen molar-refractivity contribution in [2.75, 3.05) is 44.2 Å². The van der Waals surface area contributed by atoms with Crippen LogP contribution >= 0.6 is 24.8 Å². The maximum atomic E-state index is 15.5. The van der Waals surface area contributed by atoms with Crippen LogP contribution in [0.2, 0.25) is 0 Å². The summed E-state index contributed by atoms with van der Waals surface area (Å²) in [5.41, 5.74) is -0.559. The second-order valence-corrected chi connectivity index (χ2v) is 8.32. The van der Waals surface area contributed by atoms with Crippen molar-refractivity contribution in [2.24, 2.45) is 0 Å². The number of alkyl halides is 1. The van der Waals surface area contributed by atoms with Crippen LogP contribution in [0.5, 0.6) is 0 Å². The summed E-state index contributed by atoms with van der Waals surface area (Å²) in [6.07, 6.45) is 5.64. The molecule has 1 aliphatic carbocycles. The summed E-state index contributed by atoms with van der Waals surface area (Å²) in [7, 11) is 0. The number of piperazine rings is 1. The van der Waals surface area contributed by atoms with Crippen molar-refractivity contribution in [2.45, 2.75) is 32.4 Å². The zero-order valence-corrected chi connectivity index (χ0v) is 20.9. The minimum Gasteiger partial charge on any atom is -0.354 e. The van der Waals surface area contributed by atoms with Crippen LogP contribution in [0.3, 0.4) is 0 Å². The van der Waals surface area contributed by atoms with Crippen molar-refractivity contribution < 1.29 is 9.18 Å². The van der Waals surface area contributed by atoms with Gasteiger partial charge in [-0.15, -0.1) is 24.8 Å². The number of nitrogens with zero attached hydrogens (tertiary/aromatic N) is 3. The quantitative estimate of drug-likeness (QED) is 0.626. The topological polar surface area (TPSA) is 48.5 Å². The molecule has 2 aromatic rings. The highest BCUT2D eigenvalue weighted by Gasteiger charge is 2.38. The molecule has 1 fully saturated rings. The number of pyridine rings is 1. The molecule has 180 valence electrons. The van der Waals surface area contributed by atoms with E-state index >= 15 is 4.39 Å². The van der Waals surface area contributed by atoms with Crippen LogP contribution in [-0.4, -0.2) is 60.7 Å². The molecule has 1 aliphatic heterocycles. The van der Waals surface area contributed by atoms with Crippen molar-refractivity contribution >= 4 is 52.9 Å². The number of fused-ring (bicyclic) bond motifs is 1. The Morgan fingerprint density at radius 2 is 1.88 bits per heavy atom. The Balaban J connectivity index is 0.00000193. The van der Waals surface area contributed by atoms with Gasteiger partial charge in [0.2, 0.25) is 5.67 Å². The minimum absolute atomic E-state index is 0. The first-order valence-electron chi connectivity index (χ1n) is 11.3. The first-order valence-corrected chi connectivity index (χ1v) is 11.3. The highest BCUT2D eigenvalue weighted by Crippen LogP contribution is 2.35. The predicted octanol–water partition coefficient (Wildman–Crippen LogP) is 4.80. The molecule has 5 nitrogen and oxygen atoms in total. The van der Waals surface area contributed by atoms with Gasteiger partial charge in [0.1, 0.15) is 5.82 Å². The van der Waals surface area contributed by atoms with Gasteiger partial charge in [-0.25, -0.2) is 9.37 Å². The average molecular weight is 495 g/mol. The molecule has 1 unspecified atom stereocenters. The van der Waals surface area contributed by atoms with Crippen molar-refractivity contribution in [3.63, 3.8) is 0 Å². The van der Waals surface area contributed by atoms with E-state index in [9.17, 15) is 4.79 Å². The Labute approximate surface area is 207 Å². The van der Waals surface area contributed by atoms with E-state index in [0.717, 1.165) is 67.0 Å². The van der Waals surface area contributed by atoms with Crippen molar-refractivity contribution in [1.29, 1.82) is 0 Å². The normalized spacial score (nSPS) is 20.6. The van der Waals surface area contributed by atoms with Crippen LogP contribution in [0.1, 0.15) is 32.4 Å². The number of carbonyl (C=O) groups excluding carboxylic acids is 1. The maximum Gasteiger partial charge on any atom is 0.262 e. The van der Waals surface area contributed by atoms with E-state index in [-0.39, 0.29) is 31.2 Å². The minimum atomic E-state index is -2.04. The number of amides is 1. The Morgan fingerprint density at radius 3 is 2.58 bits per heavy atom. The largest absolute Gasteiger partial charge is 0.354 e. The summed E-state index contributed by atoms with van der Waals surface area (Å²) in [6.45, 7) is 9.51. The fourth-order valence-corrected chi connectivity index (χ4v) is 4.29. The molecule has 0 spiro atoms. The number of benzene rings is 1. The molecule has 2 aliphatic rings. The molecule has 0 radical (unpaired) electrons. The van der Waals surface area contributed by atoms with Crippen LogP contribution in [0.25, 0.3) is 16.3 Å². The Kier molecular flexibility index (Phi) is 9.70. The van der Waals surface area contributed by atoms with Crippen LogP contribution in [0.4, 0.5) is 10.2 Å². The Bertz CT molecular complexity index is 1020. The number of allylic oxidation sites excluding steroid dienone is 3. The number of nitrogens with one attached hydrogen (secondary N) is 1. The predicted molar refractivity (Wildman–Crippen MR) is 139 cm³/mol. The number of aromatic nitrogens is 1. The molecule has 33 heavy (non-hydrogen) atoms. The molecule has 4 rings (SSSR count). The smallest absolute Gasteiger partial charge is 0.262 e. The number of carbonyl (C=O) groups is 1. The number of rotatable bonds is 6. The van der Waals surface area contributed by atoms with Crippen LogP contribution in [0, 0.1) is 0 Å². The van der Waals surface area contributed by atoms with Crippen LogP contribution in [0.15, 0.2) is 48.6 Å². The van der Waals surface area contributed by atoms with Gasteiger partial charge < -0.3 is 15.1 Å². The van der Waals surface area contributed by atoms with Gasteiger partial charge in [0.05, 0.1) is 5.69 Å². The van der Waals surface area contributed by atoms with Gasteiger partial charge in [-0.2, -0.15) is 0 Å². The lowest BCUT2D eigenvalue weighted by molar-refractivity contribution is -0.129. The molecule has 0 saturated carbocycles. The Hall–Kier alpha value is -2.15. The number of likely N-dealkylation sites (N-methyl/N-ethyl adjacent to an activating group) is 1. The van der Waals surface area contributed by atoms with E-state index in [1.165, 1.54) is 6.08 Å². The van der Waals surface area contributed by atoms with Gasteiger partial charge in [-0.3, -0.25) is 4.79 Å². The zero-order valence-electron chi connectivity index (χ0n) is 19.2. The monoisotopic (exact) mass is 494 g/mol. The second-order valence-electron chi connectivity index (χ2n) is 8.32. The molecule has 1 atom stereocenters. The molecular weight excluding hydrogens is 462 g/mol. The van der Waals surface area contributed by atoms with Crippen molar-refractivity contribution in [1.82, 2.24) is 15.2 Å². The molecule has 8 heteroatoms. The number of hydrogen-bond donors (Lipinski definition) is 1. The zero-order chi connectivity index (χ0) is 21.8. The summed E-state index contributed by atoms with van der Waals surface area (Å²) in [4.78, 5) is 22.2. The second kappa shape index (κ2) is 11.8. The van der Waals surface area contributed by atoms with Crippen LogP contribution in [-0.2, 0) is 4.79 Å². The summed E-state index contributed by atoms with van der Waals surface area (Å²) >= 11 is 0. The average Bonchev–Trinajstić information content (AvgIpc) is 2.82. The first kappa shape index (κ1) is 27.1. The number of halogens is 3. The molecule has 1 amide bonds. The lowest BCUT2D eigenvalue weighted by Crippen LogP contribution is -2.46. The SMILES string of the molecule is CCCNC(=O)C1(F)C=CC=C(c2cc3ccccc3c(N3CCN(CC)CC3)n2)C1.Cl.Cl. The number of anilines is 1. The van der Waals surface area contributed by atoms with Crippen molar-refractivity contribution in [3.8, 4) is 0 Å². The highest BCUT2D eigenvalue weighted by molar-refractivity contribution is 5.96. The number of hydrogen-bond acceptors (Lipinski definition) is 4. The van der Waals surface area contributed by atoms with Crippen LogP contribution < -0.4 is 10.2 Å². The highest BCUT2D eigenvalue weighted by atomic mass is 35.5. The molecule has 1 aromatic carbocycles.